The zero-order chi connectivity index (χ0) is 19.2. The normalized spacial score (nSPS) is 19.0. The summed E-state index contributed by atoms with van der Waals surface area (Å²) in [5.41, 5.74) is 2.34. The van der Waals surface area contributed by atoms with Gasteiger partial charge in [-0.2, -0.15) is 0 Å². The number of nitrogens with one attached hydrogen (secondary N) is 3. The predicted octanol–water partition coefficient (Wildman–Crippen LogP) is 2.06. The van der Waals surface area contributed by atoms with Crippen LogP contribution in [0.1, 0.15) is 32.3 Å². The molecule has 0 radical (unpaired) electrons. The topological polar surface area (TPSA) is 77.2 Å². The van der Waals surface area contributed by atoms with Crippen LogP contribution >= 0.6 is 0 Å². The average Bonchev–Trinajstić information content (AvgIpc) is 3.11. The van der Waals surface area contributed by atoms with Crippen LogP contribution in [0.3, 0.4) is 0 Å². The minimum atomic E-state index is -0.217. The quantitative estimate of drug-likeness (QED) is 0.698. The summed E-state index contributed by atoms with van der Waals surface area (Å²) in [6.45, 7) is 6.65. The van der Waals surface area contributed by atoms with Gasteiger partial charge in [0.05, 0.1) is 12.0 Å². The minimum absolute atomic E-state index is 0.0137. The Morgan fingerprint density at radius 2 is 2.11 bits per heavy atom. The van der Waals surface area contributed by atoms with Crippen molar-refractivity contribution < 1.29 is 9.59 Å². The molecule has 0 saturated carbocycles. The lowest BCUT2D eigenvalue weighted by atomic mass is 9.96. The highest BCUT2D eigenvalue weighted by atomic mass is 16.2. The van der Waals surface area contributed by atoms with Crippen molar-refractivity contribution in [3.05, 3.63) is 36.0 Å². The fourth-order valence-corrected chi connectivity index (χ4v) is 3.86. The second-order valence-corrected chi connectivity index (χ2v) is 7.31. The fraction of sp³-hybridized carbons (Fsp3) is 0.524. The van der Waals surface area contributed by atoms with E-state index in [2.05, 4.69) is 32.7 Å². The molecule has 0 spiro atoms. The molecule has 146 valence electrons. The van der Waals surface area contributed by atoms with E-state index >= 15 is 0 Å². The predicted molar refractivity (Wildman–Crippen MR) is 107 cm³/mol. The first-order valence-corrected chi connectivity index (χ1v) is 9.94. The summed E-state index contributed by atoms with van der Waals surface area (Å²) in [5, 5.41) is 7.17. The molecule has 2 heterocycles. The molecule has 1 saturated heterocycles. The number of aromatic nitrogens is 1. The molecule has 2 unspecified atom stereocenters. The monoisotopic (exact) mass is 370 g/mol. The number of aromatic amines is 1. The zero-order valence-corrected chi connectivity index (χ0v) is 16.3. The van der Waals surface area contributed by atoms with Crippen LogP contribution in [-0.4, -0.2) is 53.9 Å². The summed E-state index contributed by atoms with van der Waals surface area (Å²) < 4.78 is 0. The van der Waals surface area contributed by atoms with Gasteiger partial charge in [-0.15, -0.1) is 0 Å². The number of carbonyl (C=O) groups excluding carboxylic acids is 2. The molecule has 1 fully saturated rings. The van der Waals surface area contributed by atoms with E-state index in [9.17, 15) is 9.59 Å². The van der Waals surface area contributed by atoms with Gasteiger partial charge < -0.3 is 15.6 Å². The first-order chi connectivity index (χ1) is 13.1. The third-order valence-corrected chi connectivity index (χ3v) is 5.47. The molecule has 1 aliphatic heterocycles. The van der Waals surface area contributed by atoms with E-state index in [-0.39, 0.29) is 23.8 Å². The number of amides is 2. The minimum Gasteiger partial charge on any atom is -0.361 e. The van der Waals surface area contributed by atoms with E-state index in [1.807, 2.05) is 32.2 Å². The number of nitrogens with zero attached hydrogens (tertiary/aromatic N) is 1. The average molecular weight is 370 g/mol. The summed E-state index contributed by atoms with van der Waals surface area (Å²) in [6.07, 6.45) is 4.66. The van der Waals surface area contributed by atoms with Gasteiger partial charge in [-0.1, -0.05) is 18.2 Å². The maximum atomic E-state index is 12.6. The number of para-hydroxylation sites is 1. The number of likely N-dealkylation sites (tertiary alicyclic amines) is 1. The summed E-state index contributed by atoms with van der Waals surface area (Å²) in [5.74, 6) is 0.126. The Bertz CT molecular complexity index is 785. The fourth-order valence-electron chi connectivity index (χ4n) is 3.86. The first kappa shape index (κ1) is 19.4. The summed E-state index contributed by atoms with van der Waals surface area (Å²) in [4.78, 5) is 30.1. The van der Waals surface area contributed by atoms with Crippen LogP contribution in [0, 0.1) is 5.92 Å². The second-order valence-electron chi connectivity index (χ2n) is 7.31. The number of piperidine rings is 1. The first-order valence-electron chi connectivity index (χ1n) is 9.94. The zero-order valence-electron chi connectivity index (χ0n) is 16.3. The summed E-state index contributed by atoms with van der Waals surface area (Å²) in [6, 6.07) is 7.98. The van der Waals surface area contributed by atoms with Crippen LogP contribution in [0.5, 0.6) is 0 Å². The van der Waals surface area contributed by atoms with E-state index in [4.69, 9.17) is 0 Å². The highest BCUT2D eigenvalue weighted by Crippen LogP contribution is 2.19. The number of fused-ring (bicyclic) bond motifs is 1. The third kappa shape index (κ3) is 4.69. The van der Waals surface area contributed by atoms with Crippen LogP contribution in [0.2, 0.25) is 0 Å². The highest BCUT2D eigenvalue weighted by Gasteiger charge is 2.30. The van der Waals surface area contributed by atoms with Crippen LogP contribution in [-0.2, 0) is 16.0 Å². The van der Waals surface area contributed by atoms with Gasteiger partial charge in [0, 0.05) is 36.7 Å². The molecule has 1 aliphatic rings. The van der Waals surface area contributed by atoms with Gasteiger partial charge in [-0.3, -0.25) is 14.5 Å². The lowest BCUT2D eigenvalue weighted by Crippen LogP contribution is -2.51. The van der Waals surface area contributed by atoms with Crippen molar-refractivity contribution in [3.63, 3.8) is 0 Å². The second kappa shape index (κ2) is 9.04. The molecule has 2 atom stereocenters. The SMILES string of the molecule is CCNC(=O)C1CCCN(C(C)C(=O)NCCc2c[nH]c3ccccc23)C1. The molecule has 0 bridgehead atoms. The summed E-state index contributed by atoms with van der Waals surface area (Å²) >= 11 is 0. The Morgan fingerprint density at radius 1 is 1.30 bits per heavy atom. The number of carbonyl (C=O) groups is 2. The number of hydrogen-bond acceptors (Lipinski definition) is 3. The van der Waals surface area contributed by atoms with E-state index in [1.165, 1.54) is 10.9 Å². The Hall–Kier alpha value is -2.34. The van der Waals surface area contributed by atoms with Crippen molar-refractivity contribution in [2.75, 3.05) is 26.2 Å². The smallest absolute Gasteiger partial charge is 0.237 e. The standard InChI is InChI=1S/C21H30N4O2/c1-3-22-21(27)17-7-6-12-25(14-17)15(2)20(26)23-11-10-16-13-24-19-9-5-4-8-18(16)19/h4-5,8-9,13,15,17,24H,3,6-7,10-12,14H2,1-2H3,(H,22,27)(H,23,26). The Balaban J connectivity index is 1.49. The molecule has 1 aromatic carbocycles. The van der Waals surface area contributed by atoms with Gasteiger partial charge in [0.1, 0.15) is 0 Å². The molecule has 2 aromatic rings. The summed E-state index contributed by atoms with van der Waals surface area (Å²) in [7, 11) is 0. The van der Waals surface area contributed by atoms with Crippen molar-refractivity contribution in [1.82, 2.24) is 20.5 Å². The number of H-pyrrole nitrogens is 1. The molecular weight excluding hydrogens is 340 g/mol. The lowest BCUT2D eigenvalue weighted by molar-refractivity contribution is -0.131. The number of rotatable bonds is 7. The van der Waals surface area contributed by atoms with Crippen LogP contribution in [0.25, 0.3) is 10.9 Å². The van der Waals surface area contributed by atoms with Gasteiger partial charge in [0.2, 0.25) is 11.8 Å². The number of hydrogen-bond donors (Lipinski definition) is 3. The Kier molecular flexibility index (Phi) is 6.50. The molecule has 6 nitrogen and oxygen atoms in total. The van der Waals surface area contributed by atoms with Crippen LogP contribution < -0.4 is 10.6 Å². The van der Waals surface area contributed by atoms with Gasteiger partial charge >= 0.3 is 0 Å². The van der Waals surface area contributed by atoms with Crippen molar-refractivity contribution in [1.29, 1.82) is 0 Å². The Labute approximate surface area is 160 Å². The molecule has 0 aliphatic carbocycles. The molecule has 3 N–H and O–H groups in total. The van der Waals surface area contributed by atoms with Crippen molar-refractivity contribution in [2.45, 2.75) is 39.2 Å². The van der Waals surface area contributed by atoms with Crippen LogP contribution in [0.4, 0.5) is 0 Å². The lowest BCUT2D eigenvalue weighted by Gasteiger charge is -2.35. The van der Waals surface area contributed by atoms with Crippen molar-refractivity contribution >= 4 is 22.7 Å². The highest BCUT2D eigenvalue weighted by molar-refractivity contribution is 5.84. The van der Waals surface area contributed by atoms with E-state index < -0.39 is 0 Å². The molecule has 6 heteroatoms. The molecular formula is C21H30N4O2. The molecule has 3 rings (SSSR count). The van der Waals surface area contributed by atoms with E-state index in [0.717, 1.165) is 31.3 Å². The van der Waals surface area contributed by atoms with E-state index in [0.29, 0.717) is 19.6 Å². The van der Waals surface area contributed by atoms with Gasteiger partial charge in [-0.05, 0) is 51.3 Å². The van der Waals surface area contributed by atoms with Crippen molar-refractivity contribution in [3.8, 4) is 0 Å². The van der Waals surface area contributed by atoms with E-state index in [1.54, 1.807) is 0 Å². The molecule has 27 heavy (non-hydrogen) atoms. The van der Waals surface area contributed by atoms with Crippen LogP contribution in [0.15, 0.2) is 30.5 Å². The number of benzene rings is 1. The van der Waals surface area contributed by atoms with Gasteiger partial charge in [0.15, 0.2) is 0 Å². The molecule has 1 aromatic heterocycles. The third-order valence-electron chi connectivity index (χ3n) is 5.47. The van der Waals surface area contributed by atoms with Crippen molar-refractivity contribution in [2.24, 2.45) is 5.92 Å². The van der Waals surface area contributed by atoms with Gasteiger partial charge in [-0.25, -0.2) is 0 Å². The maximum absolute atomic E-state index is 12.6. The maximum Gasteiger partial charge on any atom is 0.237 e. The molecule has 2 amide bonds. The largest absolute Gasteiger partial charge is 0.361 e. The Morgan fingerprint density at radius 3 is 2.93 bits per heavy atom. The van der Waals surface area contributed by atoms with Gasteiger partial charge in [0.25, 0.3) is 0 Å².